The lowest BCUT2D eigenvalue weighted by atomic mass is 9.98. The summed E-state index contributed by atoms with van der Waals surface area (Å²) in [5.74, 6) is 0.733. The first kappa shape index (κ1) is 17.3. The first-order valence-electron chi connectivity index (χ1n) is 8.60. The zero-order chi connectivity index (χ0) is 17.6. The first-order chi connectivity index (χ1) is 12.2. The van der Waals surface area contributed by atoms with Crippen LogP contribution in [0.4, 0.5) is 4.79 Å². The molecule has 2 N–H and O–H groups in total. The second-order valence-electron chi connectivity index (χ2n) is 6.21. The van der Waals surface area contributed by atoms with Crippen molar-refractivity contribution in [1.82, 2.24) is 10.2 Å². The predicted octanol–water partition coefficient (Wildman–Crippen LogP) is 2.95. The summed E-state index contributed by atoms with van der Waals surface area (Å²) >= 11 is 0. The molecule has 25 heavy (non-hydrogen) atoms. The van der Waals surface area contributed by atoms with Crippen LogP contribution >= 0.6 is 0 Å². The molecule has 0 spiro atoms. The van der Waals surface area contributed by atoms with Crippen LogP contribution in [0.3, 0.4) is 0 Å². The summed E-state index contributed by atoms with van der Waals surface area (Å²) in [4.78, 5) is 14.6. The Kier molecular flexibility index (Phi) is 5.56. The van der Waals surface area contributed by atoms with E-state index >= 15 is 0 Å². The maximum atomic E-state index is 12.8. The lowest BCUT2D eigenvalue weighted by Gasteiger charge is -2.28. The molecule has 2 unspecified atom stereocenters. The van der Waals surface area contributed by atoms with Crippen LogP contribution in [0.2, 0.25) is 0 Å². The fourth-order valence-corrected chi connectivity index (χ4v) is 3.39. The van der Waals surface area contributed by atoms with Crippen LogP contribution in [0.1, 0.15) is 30.0 Å². The van der Waals surface area contributed by atoms with E-state index in [1.165, 1.54) is 0 Å². The third-order valence-electron chi connectivity index (χ3n) is 4.70. The van der Waals surface area contributed by atoms with Gasteiger partial charge in [-0.1, -0.05) is 48.5 Å². The van der Waals surface area contributed by atoms with Crippen LogP contribution in [0.5, 0.6) is 5.75 Å². The molecule has 2 aromatic carbocycles. The van der Waals surface area contributed by atoms with Crippen molar-refractivity contribution in [3.05, 3.63) is 65.7 Å². The van der Waals surface area contributed by atoms with Crippen LogP contribution in [0.25, 0.3) is 0 Å². The second-order valence-corrected chi connectivity index (χ2v) is 6.21. The molecule has 1 aliphatic rings. The van der Waals surface area contributed by atoms with Gasteiger partial charge in [-0.05, 0) is 24.5 Å². The lowest BCUT2D eigenvalue weighted by molar-refractivity contribution is 0.155. The Morgan fingerprint density at radius 2 is 1.96 bits per heavy atom. The van der Waals surface area contributed by atoms with E-state index in [0.717, 1.165) is 29.7 Å². The molecule has 1 aliphatic heterocycles. The smallest absolute Gasteiger partial charge is 0.318 e. The van der Waals surface area contributed by atoms with E-state index in [4.69, 9.17) is 4.74 Å². The Hall–Kier alpha value is -2.53. The van der Waals surface area contributed by atoms with Gasteiger partial charge < -0.3 is 20.1 Å². The van der Waals surface area contributed by atoms with E-state index in [9.17, 15) is 9.90 Å². The van der Waals surface area contributed by atoms with Crippen molar-refractivity contribution in [2.24, 2.45) is 0 Å². The average molecular weight is 340 g/mol. The van der Waals surface area contributed by atoms with Gasteiger partial charge in [0, 0.05) is 12.1 Å². The number of ether oxygens (including phenoxy) is 1. The Bertz CT molecular complexity index is 705. The molecule has 1 saturated heterocycles. The number of methoxy groups -OCH3 is 1. The Labute approximate surface area is 148 Å². The molecule has 5 heteroatoms. The second kappa shape index (κ2) is 8.03. The minimum atomic E-state index is -0.315. The van der Waals surface area contributed by atoms with E-state index < -0.39 is 0 Å². The van der Waals surface area contributed by atoms with Crippen LogP contribution in [-0.2, 0) is 0 Å². The first-order valence-corrected chi connectivity index (χ1v) is 8.60. The van der Waals surface area contributed by atoms with E-state index in [0.29, 0.717) is 6.54 Å². The number of nitrogens with zero attached hydrogens (tertiary/aromatic N) is 1. The average Bonchev–Trinajstić information content (AvgIpc) is 3.15. The molecular weight excluding hydrogens is 316 g/mol. The zero-order valence-corrected chi connectivity index (χ0v) is 14.4. The standard InChI is InChI=1S/C20H24N2O3/c1-25-18-12-6-5-11-17(18)19(15-8-3-2-4-9-15)21-20(24)22-13-7-10-16(22)14-23/h2-6,8-9,11-12,16,19,23H,7,10,13-14H2,1H3,(H,21,24). The normalized spacial score (nSPS) is 18.0. The molecule has 2 aromatic rings. The maximum Gasteiger partial charge on any atom is 0.318 e. The number of urea groups is 1. The summed E-state index contributed by atoms with van der Waals surface area (Å²) in [7, 11) is 1.63. The molecule has 0 radical (unpaired) electrons. The molecular formula is C20H24N2O3. The van der Waals surface area contributed by atoms with Crippen molar-refractivity contribution in [3.63, 3.8) is 0 Å². The van der Waals surface area contributed by atoms with Gasteiger partial charge in [0.05, 0.1) is 25.8 Å². The van der Waals surface area contributed by atoms with Crippen molar-refractivity contribution in [1.29, 1.82) is 0 Å². The maximum absolute atomic E-state index is 12.8. The fraction of sp³-hybridized carbons (Fsp3) is 0.350. The van der Waals surface area contributed by atoms with Crippen molar-refractivity contribution < 1.29 is 14.6 Å². The number of aliphatic hydroxyl groups is 1. The summed E-state index contributed by atoms with van der Waals surface area (Å²) in [6.07, 6.45) is 1.76. The molecule has 132 valence electrons. The summed E-state index contributed by atoms with van der Waals surface area (Å²) < 4.78 is 5.49. The monoisotopic (exact) mass is 340 g/mol. The highest BCUT2D eigenvalue weighted by atomic mass is 16.5. The number of rotatable bonds is 5. The summed E-state index contributed by atoms with van der Waals surface area (Å²) in [5.41, 5.74) is 1.89. The number of benzene rings is 2. The molecule has 0 saturated carbocycles. The number of nitrogens with one attached hydrogen (secondary N) is 1. The molecule has 2 atom stereocenters. The summed E-state index contributed by atoms with van der Waals surface area (Å²) in [5, 5.41) is 12.6. The highest BCUT2D eigenvalue weighted by Gasteiger charge is 2.30. The third-order valence-corrected chi connectivity index (χ3v) is 4.70. The topological polar surface area (TPSA) is 61.8 Å². The van der Waals surface area contributed by atoms with Gasteiger partial charge in [-0.3, -0.25) is 0 Å². The largest absolute Gasteiger partial charge is 0.496 e. The van der Waals surface area contributed by atoms with E-state index in [1.54, 1.807) is 12.0 Å². The van der Waals surface area contributed by atoms with Crippen molar-refractivity contribution in [3.8, 4) is 5.75 Å². The van der Waals surface area contributed by atoms with E-state index in [1.807, 2.05) is 54.6 Å². The summed E-state index contributed by atoms with van der Waals surface area (Å²) in [6, 6.07) is 17.0. The van der Waals surface area contributed by atoms with Gasteiger partial charge in [0.1, 0.15) is 5.75 Å². The van der Waals surface area contributed by atoms with Gasteiger partial charge in [0.15, 0.2) is 0 Å². The van der Waals surface area contributed by atoms with Crippen LogP contribution in [0.15, 0.2) is 54.6 Å². The Morgan fingerprint density at radius 1 is 1.24 bits per heavy atom. The van der Waals surface area contributed by atoms with Gasteiger partial charge in [0.25, 0.3) is 0 Å². The molecule has 1 heterocycles. The minimum absolute atomic E-state index is 0.00190. The molecule has 3 rings (SSSR count). The van der Waals surface area contributed by atoms with Crippen molar-refractivity contribution in [2.45, 2.75) is 24.9 Å². The highest BCUT2D eigenvalue weighted by molar-refractivity contribution is 5.76. The zero-order valence-electron chi connectivity index (χ0n) is 14.4. The molecule has 1 fully saturated rings. The number of carbonyl (C=O) groups excluding carboxylic acids is 1. The van der Waals surface area contributed by atoms with Gasteiger partial charge in [-0.25, -0.2) is 4.79 Å². The number of aliphatic hydroxyl groups excluding tert-OH is 1. The van der Waals surface area contributed by atoms with E-state index in [-0.39, 0.29) is 24.7 Å². The summed E-state index contributed by atoms with van der Waals surface area (Å²) in [6.45, 7) is 0.669. The highest BCUT2D eigenvalue weighted by Crippen LogP contribution is 2.30. The third kappa shape index (κ3) is 3.77. The molecule has 0 aliphatic carbocycles. The van der Waals surface area contributed by atoms with Gasteiger partial charge in [-0.15, -0.1) is 0 Å². The molecule has 5 nitrogen and oxygen atoms in total. The number of hydrogen-bond acceptors (Lipinski definition) is 3. The lowest BCUT2D eigenvalue weighted by Crippen LogP contribution is -2.45. The number of hydrogen-bond donors (Lipinski definition) is 2. The SMILES string of the molecule is COc1ccccc1C(NC(=O)N1CCCC1CO)c1ccccc1. The van der Waals surface area contributed by atoms with Gasteiger partial charge in [0.2, 0.25) is 0 Å². The van der Waals surface area contributed by atoms with E-state index in [2.05, 4.69) is 5.32 Å². The molecule has 2 amide bonds. The quantitative estimate of drug-likeness (QED) is 0.880. The number of para-hydroxylation sites is 1. The van der Waals surface area contributed by atoms with Crippen LogP contribution in [0, 0.1) is 0 Å². The number of carbonyl (C=O) groups is 1. The Morgan fingerprint density at radius 3 is 2.68 bits per heavy atom. The minimum Gasteiger partial charge on any atom is -0.496 e. The van der Waals surface area contributed by atoms with Crippen molar-refractivity contribution >= 4 is 6.03 Å². The van der Waals surface area contributed by atoms with Gasteiger partial charge >= 0.3 is 6.03 Å². The number of amides is 2. The van der Waals surface area contributed by atoms with Gasteiger partial charge in [-0.2, -0.15) is 0 Å². The van der Waals surface area contributed by atoms with Crippen LogP contribution in [-0.4, -0.2) is 42.3 Å². The molecule has 0 bridgehead atoms. The van der Waals surface area contributed by atoms with Crippen LogP contribution < -0.4 is 10.1 Å². The molecule has 0 aromatic heterocycles. The fourth-order valence-electron chi connectivity index (χ4n) is 3.39. The van der Waals surface area contributed by atoms with Crippen molar-refractivity contribution in [2.75, 3.05) is 20.3 Å². The number of likely N-dealkylation sites (tertiary alicyclic amines) is 1. The Balaban J connectivity index is 1.91. The predicted molar refractivity (Wildman–Crippen MR) is 96.6 cm³/mol.